The molecule has 0 fully saturated rings. The summed E-state index contributed by atoms with van der Waals surface area (Å²) in [7, 11) is 3.92. The molecule has 0 aliphatic carbocycles. The third kappa shape index (κ3) is 3.77. The molecule has 1 aromatic heterocycles. The van der Waals surface area contributed by atoms with Crippen molar-refractivity contribution < 1.29 is 9.18 Å². The van der Waals surface area contributed by atoms with Gasteiger partial charge in [-0.3, -0.25) is 4.79 Å². The second-order valence-electron chi connectivity index (χ2n) is 4.83. The van der Waals surface area contributed by atoms with Crippen molar-refractivity contribution in [1.82, 2.24) is 15.2 Å². The van der Waals surface area contributed by atoms with E-state index in [1.54, 1.807) is 6.07 Å². The predicted molar refractivity (Wildman–Crippen MR) is 68.8 cm³/mol. The Morgan fingerprint density at radius 3 is 2.67 bits per heavy atom. The maximum Gasteiger partial charge on any atom is 0.255 e. The van der Waals surface area contributed by atoms with E-state index in [9.17, 15) is 9.18 Å². The number of aromatic nitrogens is 1. The van der Waals surface area contributed by atoms with E-state index >= 15 is 0 Å². The third-order valence-corrected chi connectivity index (χ3v) is 2.91. The first-order chi connectivity index (χ1) is 8.43. The number of hydrogen-bond acceptors (Lipinski definition) is 3. The molecule has 1 rings (SSSR count). The summed E-state index contributed by atoms with van der Waals surface area (Å²) in [6.45, 7) is 4.65. The average molecular weight is 253 g/mol. The number of amides is 1. The van der Waals surface area contributed by atoms with Crippen molar-refractivity contribution in [3.63, 3.8) is 0 Å². The summed E-state index contributed by atoms with van der Waals surface area (Å²) >= 11 is 0. The van der Waals surface area contributed by atoms with E-state index in [1.165, 1.54) is 12.3 Å². The predicted octanol–water partition coefficient (Wildman–Crippen LogP) is 1.54. The SMILES string of the molecule is CC(C)C(CNC(=O)c1cccnc1F)N(C)C. The lowest BCUT2D eigenvalue weighted by Gasteiger charge is -2.28. The quantitative estimate of drug-likeness (QED) is 0.810. The van der Waals surface area contributed by atoms with Crippen molar-refractivity contribution in [3.05, 3.63) is 29.8 Å². The van der Waals surface area contributed by atoms with Gasteiger partial charge in [0.2, 0.25) is 5.95 Å². The molecular formula is C13H20FN3O. The highest BCUT2D eigenvalue weighted by molar-refractivity contribution is 5.94. The summed E-state index contributed by atoms with van der Waals surface area (Å²) in [6.07, 6.45) is 1.32. The zero-order valence-corrected chi connectivity index (χ0v) is 11.3. The Morgan fingerprint density at radius 1 is 1.50 bits per heavy atom. The van der Waals surface area contributed by atoms with Crippen LogP contribution >= 0.6 is 0 Å². The highest BCUT2D eigenvalue weighted by atomic mass is 19.1. The summed E-state index contributed by atoms with van der Waals surface area (Å²) in [5.41, 5.74) is -0.0150. The molecule has 18 heavy (non-hydrogen) atoms. The minimum Gasteiger partial charge on any atom is -0.350 e. The molecule has 0 radical (unpaired) electrons. The van der Waals surface area contributed by atoms with Gasteiger partial charge in [0.25, 0.3) is 5.91 Å². The van der Waals surface area contributed by atoms with Gasteiger partial charge in [-0.2, -0.15) is 4.39 Å². The highest BCUT2D eigenvalue weighted by Crippen LogP contribution is 2.07. The minimum atomic E-state index is -0.735. The van der Waals surface area contributed by atoms with E-state index in [-0.39, 0.29) is 11.6 Å². The summed E-state index contributed by atoms with van der Waals surface area (Å²) in [4.78, 5) is 17.3. The van der Waals surface area contributed by atoms with Gasteiger partial charge in [0.15, 0.2) is 0 Å². The molecule has 0 aliphatic rings. The lowest BCUT2D eigenvalue weighted by molar-refractivity contribution is 0.0929. The Labute approximate surface area is 107 Å². The molecule has 1 aromatic rings. The van der Waals surface area contributed by atoms with Crippen LogP contribution in [-0.2, 0) is 0 Å². The Morgan fingerprint density at radius 2 is 2.17 bits per heavy atom. The summed E-state index contributed by atoms with van der Waals surface area (Å²) in [5.74, 6) is -0.756. The van der Waals surface area contributed by atoms with Crippen LogP contribution in [0.2, 0.25) is 0 Å². The molecule has 1 heterocycles. The molecule has 1 amide bonds. The molecule has 0 bridgehead atoms. The number of nitrogens with one attached hydrogen (secondary N) is 1. The van der Waals surface area contributed by atoms with Crippen molar-refractivity contribution in [2.24, 2.45) is 5.92 Å². The molecule has 1 unspecified atom stereocenters. The molecule has 0 aliphatic heterocycles. The van der Waals surface area contributed by atoms with E-state index in [4.69, 9.17) is 0 Å². The molecule has 0 saturated heterocycles. The van der Waals surface area contributed by atoms with E-state index < -0.39 is 11.9 Å². The van der Waals surface area contributed by atoms with Crippen molar-refractivity contribution in [2.75, 3.05) is 20.6 Å². The first-order valence-corrected chi connectivity index (χ1v) is 5.98. The smallest absolute Gasteiger partial charge is 0.255 e. The van der Waals surface area contributed by atoms with Gasteiger partial charge in [0.05, 0.1) is 5.56 Å². The van der Waals surface area contributed by atoms with Gasteiger partial charge in [0.1, 0.15) is 0 Å². The van der Waals surface area contributed by atoms with Crippen molar-refractivity contribution >= 4 is 5.91 Å². The fourth-order valence-electron chi connectivity index (χ4n) is 1.86. The first kappa shape index (κ1) is 14.6. The van der Waals surface area contributed by atoms with Gasteiger partial charge in [0, 0.05) is 18.8 Å². The number of carbonyl (C=O) groups is 1. The third-order valence-electron chi connectivity index (χ3n) is 2.91. The molecule has 4 nitrogen and oxygen atoms in total. The first-order valence-electron chi connectivity index (χ1n) is 5.98. The van der Waals surface area contributed by atoms with Crippen LogP contribution in [0.4, 0.5) is 4.39 Å². The van der Waals surface area contributed by atoms with Crippen LogP contribution in [0, 0.1) is 11.9 Å². The van der Waals surface area contributed by atoms with Gasteiger partial charge in [-0.1, -0.05) is 13.8 Å². The van der Waals surface area contributed by atoms with Crippen molar-refractivity contribution in [2.45, 2.75) is 19.9 Å². The van der Waals surface area contributed by atoms with Crippen LogP contribution in [0.25, 0.3) is 0 Å². The van der Waals surface area contributed by atoms with E-state index in [0.717, 1.165) is 0 Å². The monoisotopic (exact) mass is 253 g/mol. The summed E-state index contributed by atoms with van der Waals surface area (Å²) < 4.78 is 13.3. The second-order valence-corrected chi connectivity index (χ2v) is 4.83. The average Bonchev–Trinajstić information content (AvgIpc) is 2.28. The molecule has 100 valence electrons. The van der Waals surface area contributed by atoms with E-state index in [1.807, 2.05) is 19.0 Å². The number of nitrogens with zero attached hydrogens (tertiary/aromatic N) is 2. The molecule has 5 heteroatoms. The standard InChI is InChI=1S/C13H20FN3O/c1-9(2)11(17(3)4)8-16-13(18)10-6-5-7-15-12(10)14/h5-7,9,11H,8H2,1-4H3,(H,16,18). The van der Waals surface area contributed by atoms with Gasteiger partial charge in [-0.15, -0.1) is 0 Å². The Balaban J connectivity index is 2.64. The lowest BCUT2D eigenvalue weighted by Crippen LogP contribution is -2.43. The second kappa shape index (κ2) is 6.44. The summed E-state index contributed by atoms with van der Waals surface area (Å²) in [6, 6.07) is 3.19. The number of rotatable bonds is 5. The van der Waals surface area contributed by atoms with Crippen LogP contribution in [0.3, 0.4) is 0 Å². The fourth-order valence-corrected chi connectivity index (χ4v) is 1.86. The van der Waals surface area contributed by atoms with Crippen LogP contribution in [0.1, 0.15) is 24.2 Å². The highest BCUT2D eigenvalue weighted by Gasteiger charge is 2.18. The van der Waals surface area contributed by atoms with Crippen molar-refractivity contribution in [1.29, 1.82) is 0 Å². The van der Waals surface area contributed by atoms with Crippen LogP contribution in [0.5, 0.6) is 0 Å². The maximum atomic E-state index is 13.3. The van der Waals surface area contributed by atoms with Gasteiger partial charge in [-0.25, -0.2) is 4.98 Å². The van der Waals surface area contributed by atoms with Crippen LogP contribution in [0.15, 0.2) is 18.3 Å². The topological polar surface area (TPSA) is 45.2 Å². The molecule has 0 aromatic carbocycles. The largest absolute Gasteiger partial charge is 0.350 e. The Kier molecular flexibility index (Phi) is 5.22. The number of halogens is 1. The van der Waals surface area contributed by atoms with E-state index in [0.29, 0.717) is 12.5 Å². The normalized spacial score (nSPS) is 12.8. The van der Waals surface area contributed by atoms with E-state index in [2.05, 4.69) is 24.1 Å². The van der Waals surface area contributed by atoms with Crippen LogP contribution < -0.4 is 5.32 Å². The zero-order valence-electron chi connectivity index (χ0n) is 11.3. The van der Waals surface area contributed by atoms with Gasteiger partial charge >= 0.3 is 0 Å². The zero-order chi connectivity index (χ0) is 13.7. The molecule has 1 N–H and O–H groups in total. The molecule has 1 atom stereocenters. The Bertz CT molecular complexity index is 399. The number of carbonyl (C=O) groups excluding carboxylic acids is 1. The van der Waals surface area contributed by atoms with Gasteiger partial charge in [-0.05, 0) is 32.1 Å². The lowest BCUT2D eigenvalue weighted by atomic mass is 10.0. The minimum absolute atomic E-state index is 0.0150. The molecule has 0 spiro atoms. The maximum absolute atomic E-state index is 13.3. The fraction of sp³-hybridized carbons (Fsp3) is 0.538. The van der Waals surface area contributed by atoms with Crippen LogP contribution in [-0.4, -0.2) is 42.5 Å². The molecule has 0 saturated carbocycles. The molecular weight excluding hydrogens is 233 g/mol. The Hall–Kier alpha value is -1.49. The number of hydrogen-bond donors (Lipinski definition) is 1. The summed E-state index contributed by atoms with van der Waals surface area (Å²) in [5, 5.41) is 2.74. The number of likely N-dealkylation sites (N-methyl/N-ethyl adjacent to an activating group) is 1. The van der Waals surface area contributed by atoms with Crippen molar-refractivity contribution in [3.8, 4) is 0 Å². The number of pyridine rings is 1. The van der Waals surface area contributed by atoms with Gasteiger partial charge < -0.3 is 10.2 Å².